The number of furan rings is 1. The second-order valence-electron chi connectivity index (χ2n) is 4.56. The summed E-state index contributed by atoms with van der Waals surface area (Å²) in [6.45, 7) is 3.87. The molecule has 1 fully saturated rings. The van der Waals surface area contributed by atoms with E-state index in [1.54, 1.807) is 6.20 Å². The fourth-order valence-electron chi connectivity index (χ4n) is 2.19. The van der Waals surface area contributed by atoms with Crippen molar-refractivity contribution in [3.05, 3.63) is 23.7 Å². The summed E-state index contributed by atoms with van der Waals surface area (Å²) in [6, 6.07) is 1.87. The van der Waals surface area contributed by atoms with Crippen LogP contribution in [0.4, 0.5) is 0 Å². The Morgan fingerprint density at radius 2 is 2.44 bits per heavy atom. The van der Waals surface area contributed by atoms with E-state index in [2.05, 4.69) is 9.97 Å². The van der Waals surface area contributed by atoms with E-state index in [9.17, 15) is 5.11 Å². The lowest BCUT2D eigenvalue weighted by molar-refractivity contribution is 0.138. The van der Waals surface area contributed by atoms with E-state index in [1.807, 2.05) is 19.9 Å². The molecule has 16 heavy (non-hydrogen) atoms. The summed E-state index contributed by atoms with van der Waals surface area (Å²) < 4.78 is 5.37. The normalized spacial score (nSPS) is 28.6. The van der Waals surface area contributed by atoms with Crippen LogP contribution in [0.5, 0.6) is 0 Å². The van der Waals surface area contributed by atoms with Crippen LogP contribution in [0.3, 0.4) is 0 Å². The van der Waals surface area contributed by atoms with Crippen molar-refractivity contribution < 1.29 is 9.52 Å². The molecule has 3 rings (SSSR count). The highest BCUT2D eigenvalue weighted by Crippen LogP contribution is 2.52. The molecule has 2 unspecified atom stereocenters. The molecule has 2 aromatic heterocycles. The average Bonchev–Trinajstić information content (AvgIpc) is 2.81. The van der Waals surface area contributed by atoms with E-state index in [0.29, 0.717) is 5.71 Å². The van der Waals surface area contributed by atoms with Gasteiger partial charge in [0, 0.05) is 12.0 Å². The minimum atomic E-state index is -0.554. The average molecular weight is 218 g/mol. The van der Waals surface area contributed by atoms with Crippen LogP contribution in [0.15, 0.2) is 16.7 Å². The first kappa shape index (κ1) is 9.78. The van der Waals surface area contributed by atoms with Crippen LogP contribution in [-0.4, -0.2) is 20.7 Å². The molecule has 84 valence electrons. The molecule has 2 aromatic rings. The number of rotatable bonds is 2. The van der Waals surface area contributed by atoms with Crippen molar-refractivity contribution in [2.45, 2.75) is 38.2 Å². The first-order chi connectivity index (χ1) is 7.62. The second-order valence-corrected chi connectivity index (χ2v) is 4.56. The molecule has 4 nitrogen and oxygen atoms in total. The molecule has 1 N–H and O–H groups in total. The molecule has 2 heterocycles. The van der Waals surface area contributed by atoms with E-state index in [0.717, 1.165) is 29.8 Å². The summed E-state index contributed by atoms with van der Waals surface area (Å²) >= 11 is 0. The third-order valence-electron chi connectivity index (χ3n) is 3.40. The summed E-state index contributed by atoms with van der Waals surface area (Å²) in [5.41, 5.74) is 1.67. The SMILES string of the molecule is CCC1(O)CC1c1cnc2oc(C)cc2n1. The third-order valence-corrected chi connectivity index (χ3v) is 3.40. The quantitative estimate of drug-likeness (QED) is 0.839. The van der Waals surface area contributed by atoms with Crippen molar-refractivity contribution in [1.29, 1.82) is 0 Å². The lowest BCUT2D eigenvalue weighted by Crippen LogP contribution is -2.08. The smallest absolute Gasteiger partial charge is 0.245 e. The van der Waals surface area contributed by atoms with Crippen LogP contribution in [0.25, 0.3) is 11.2 Å². The van der Waals surface area contributed by atoms with Crippen molar-refractivity contribution in [3.63, 3.8) is 0 Å². The highest BCUT2D eigenvalue weighted by molar-refractivity contribution is 5.68. The van der Waals surface area contributed by atoms with E-state index in [1.165, 1.54) is 0 Å². The zero-order valence-electron chi connectivity index (χ0n) is 9.40. The molecule has 1 aliphatic carbocycles. The van der Waals surface area contributed by atoms with Gasteiger partial charge in [-0.15, -0.1) is 0 Å². The zero-order chi connectivity index (χ0) is 11.3. The largest absolute Gasteiger partial charge is 0.442 e. The van der Waals surface area contributed by atoms with Crippen LogP contribution in [0, 0.1) is 6.92 Å². The van der Waals surface area contributed by atoms with Crippen LogP contribution < -0.4 is 0 Å². The van der Waals surface area contributed by atoms with Gasteiger partial charge in [-0.05, 0) is 19.8 Å². The van der Waals surface area contributed by atoms with Crippen molar-refractivity contribution in [3.8, 4) is 0 Å². The summed E-state index contributed by atoms with van der Waals surface area (Å²) in [5, 5.41) is 10.0. The zero-order valence-corrected chi connectivity index (χ0v) is 9.40. The second kappa shape index (κ2) is 3.04. The van der Waals surface area contributed by atoms with Gasteiger partial charge in [0.25, 0.3) is 0 Å². The van der Waals surface area contributed by atoms with Gasteiger partial charge < -0.3 is 9.52 Å². The Morgan fingerprint density at radius 1 is 1.62 bits per heavy atom. The van der Waals surface area contributed by atoms with Crippen LogP contribution in [0.1, 0.15) is 37.1 Å². The first-order valence-electron chi connectivity index (χ1n) is 5.58. The van der Waals surface area contributed by atoms with Gasteiger partial charge in [-0.2, -0.15) is 0 Å². The van der Waals surface area contributed by atoms with E-state index in [-0.39, 0.29) is 5.92 Å². The Morgan fingerprint density at radius 3 is 3.12 bits per heavy atom. The number of aromatic nitrogens is 2. The highest BCUT2D eigenvalue weighted by Gasteiger charge is 2.53. The van der Waals surface area contributed by atoms with Gasteiger partial charge in [-0.25, -0.2) is 9.97 Å². The van der Waals surface area contributed by atoms with Crippen molar-refractivity contribution in [2.75, 3.05) is 0 Å². The summed E-state index contributed by atoms with van der Waals surface area (Å²) in [5.74, 6) is 0.957. The Balaban J connectivity index is 2.00. The number of aryl methyl sites for hydroxylation is 1. The van der Waals surface area contributed by atoms with Gasteiger partial charge in [0.05, 0.1) is 17.5 Å². The molecular formula is C12H14N2O2. The number of hydrogen-bond donors (Lipinski definition) is 1. The summed E-state index contributed by atoms with van der Waals surface area (Å²) in [7, 11) is 0. The maximum absolute atomic E-state index is 10.0. The van der Waals surface area contributed by atoms with Gasteiger partial charge in [0.2, 0.25) is 5.71 Å². The van der Waals surface area contributed by atoms with E-state index >= 15 is 0 Å². The number of aliphatic hydroxyl groups is 1. The molecule has 0 spiro atoms. The van der Waals surface area contributed by atoms with Gasteiger partial charge >= 0.3 is 0 Å². The summed E-state index contributed by atoms with van der Waals surface area (Å²) in [4.78, 5) is 8.71. The van der Waals surface area contributed by atoms with Gasteiger partial charge in [-0.1, -0.05) is 6.92 Å². The van der Waals surface area contributed by atoms with Crippen molar-refractivity contribution >= 4 is 11.2 Å². The molecule has 0 radical (unpaired) electrons. The van der Waals surface area contributed by atoms with E-state index in [4.69, 9.17) is 4.42 Å². The Kier molecular flexibility index (Phi) is 1.86. The molecule has 4 heteroatoms. The molecule has 0 aromatic carbocycles. The topological polar surface area (TPSA) is 59.2 Å². The summed E-state index contributed by atoms with van der Waals surface area (Å²) in [6.07, 6.45) is 3.27. The molecule has 1 aliphatic rings. The Bertz CT molecular complexity index is 549. The maximum Gasteiger partial charge on any atom is 0.245 e. The molecule has 0 saturated heterocycles. The van der Waals surface area contributed by atoms with Gasteiger partial charge in [0.1, 0.15) is 11.3 Å². The van der Waals surface area contributed by atoms with Gasteiger partial charge in [-0.3, -0.25) is 0 Å². The predicted molar refractivity (Wildman–Crippen MR) is 59.1 cm³/mol. The van der Waals surface area contributed by atoms with Crippen LogP contribution in [-0.2, 0) is 0 Å². The van der Waals surface area contributed by atoms with Gasteiger partial charge in [0.15, 0.2) is 0 Å². The standard InChI is InChI=1S/C12H14N2O2/c1-3-12(15)5-8(12)10-6-13-11-9(14-10)4-7(2)16-11/h4,6,8,15H,3,5H2,1-2H3. The minimum absolute atomic E-state index is 0.143. The number of hydrogen-bond acceptors (Lipinski definition) is 4. The minimum Gasteiger partial charge on any atom is -0.442 e. The highest BCUT2D eigenvalue weighted by atomic mass is 16.3. The lowest BCUT2D eigenvalue weighted by atomic mass is 10.1. The fourth-order valence-corrected chi connectivity index (χ4v) is 2.19. The predicted octanol–water partition coefficient (Wildman–Crippen LogP) is 2.16. The first-order valence-corrected chi connectivity index (χ1v) is 5.58. The lowest BCUT2D eigenvalue weighted by Gasteiger charge is -2.05. The van der Waals surface area contributed by atoms with E-state index < -0.39 is 5.60 Å². The molecule has 0 bridgehead atoms. The molecule has 1 saturated carbocycles. The Hall–Kier alpha value is -1.42. The van der Waals surface area contributed by atoms with Crippen LogP contribution in [0.2, 0.25) is 0 Å². The molecule has 0 amide bonds. The molecule has 0 aliphatic heterocycles. The molecular weight excluding hydrogens is 204 g/mol. The third kappa shape index (κ3) is 1.33. The van der Waals surface area contributed by atoms with Crippen molar-refractivity contribution in [2.24, 2.45) is 0 Å². The number of fused-ring (bicyclic) bond motifs is 1. The van der Waals surface area contributed by atoms with Crippen LogP contribution >= 0.6 is 0 Å². The Labute approximate surface area is 93.3 Å². The van der Waals surface area contributed by atoms with Crippen molar-refractivity contribution in [1.82, 2.24) is 9.97 Å². The maximum atomic E-state index is 10.0. The number of nitrogens with zero attached hydrogens (tertiary/aromatic N) is 2. The molecule has 2 atom stereocenters. The monoisotopic (exact) mass is 218 g/mol. The fraction of sp³-hybridized carbons (Fsp3) is 0.500.